The van der Waals surface area contributed by atoms with E-state index in [1.165, 1.54) is 0 Å². The fourth-order valence-corrected chi connectivity index (χ4v) is 2.74. The van der Waals surface area contributed by atoms with Crippen LogP contribution in [0.3, 0.4) is 0 Å². The maximum absolute atomic E-state index is 13.0. The Morgan fingerprint density at radius 2 is 2.15 bits per heavy atom. The summed E-state index contributed by atoms with van der Waals surface area (Å²) in [5.41, 5.74) is 0.748. The fraction of sp³-hybridized carbons (Fsp3) is 0.692. The minimum atomic E-state index is -4.30. The number of halogens is 3. The number of alkyl halides is 3. The summed E-state index contributed by atoms with van der Waals surface area (Å²) in [6.07, 6.45) is 0.410. The van der Waals surface area contributed by atoms with Gasteiger partial charge in [-0.05, 0) is 19.8 Å². The molecule has 1 aliphatic rings. The van der Waals surface area contributed by atoms with Gasteiger partial charge in [0.2, 0.25) is 5.91 Å². The molecule has 2 rings (SSSR count). The number of nitrogens with one attached hydrogen (secondary N) is 2. The number of amides is 1. The van der Waals surface area contributed by atoms with E-state index in [-0.39, 0.29) is 12.5 Å². The van der Waals surface area contributed by atoms with Gasteiger partial charge in [-0.25, -0.2) is 0 Å². The first-order chi connectivity index (χ1) is 9.39. The minimum absolute atomic E-state index is 0.0433. The molecular weight excluding hydrogens is 271 g/mol. The van der Waals surface area contributed by atoms with Crippen LogP contribution in [0.15, 0.2) is 12.4 Å². The molecule has 1 aliphatic carbocycles. The highest BCUT2D eigenvalue weighted by atomic mass is 19.4. The van der Waals surface area contributed by atoms with Gasteiger partial charge in [0.25, 0.3) is 0 Å². The van der Waals surface area contributed by atoms with Crippen LogP contribution in [-0.2, 0) is 4.79 Å². The monoisotopic (exact) mass is 289 g/mol. The lowest BCUT2D eigenvalue weighted by Gasteiger charge is -2.32. The number of hydrogen-bond acceptors (Lipinski definition) is 2. The average molecular weight is 289 g/mol. The summed E-state index contributed by atoms with van der Waals surface area (Å²) in [5.74, 6) is -3.01. The van der Waals surface area contributed by atoms with E-state index in [9.17, 15) is 18.0 Å². The zero-order valence-electron chi connectivity index (χ0n) is 11.2. The molecule has 3 atom stereocenters. The van der Waals surface area contributed by atoms with E-state index >= 15 is 0 Å². The summed E-state index contributed by atoms with van der Waals surface area (Å²) >= 11 is 0. The summed E-state index contributed by atoms with van der Waals surface area (Å²) < 4.78 is 38.9. The molecule has 4 nitrogen and oxygen atoms in total. The number of rotatable bonds is 3. The van der Waals surface area contributed by atoms with Crippen molar-refractivity contribution in [3.8, 4) is 0 Å². The predicted molar refractivity (Wildman–Crippen MR) is 66.6 cm³/mol. The van der Waals surface area contributed by atoms with E-state index in [4.69, 9.17) is 0 Å². The molecule has 1 aromatic heterocycles. The molecule has 0 saturated heterocycles. The van der Waals surface area contributed by atoms with Crippen molar-refractivity contribution in [1.29, 1.82) is 0 Å². The van der Waals surface area contributed by atoms with Gasteiger partial charge in [0.1, 0.15) is 0 Å². The summed E-state index contributed by atoms with van der Waals surface area (Å²) in [5, 5.41) is 9.03. The number of hydrogen-bond donors (Lipinski definition) is 2. The van der Waals surface area contributed by atoms with Crippen LogP contribution < -0.4 is 5.32 Å². The average Bonchev–Trinajstić information content (AvgIpc) is 2.91. The molecule has 20 heavy (non-hydrogen) atoms. The molecular formula is C13H18F3N3O. The van der Waals surface area contributed by atoms with Gasteiger partial charge in [0.05, 0.1) is 18.2 Å². The highest BCUT2D eigenvalue weighted by Crippen LogP contribution is 2.41. The zero-order chi connectivity index (χ0) is 14.8. The van der Waals surface area contributed by atoms with Crippen molar-refractivity contribution in [2.24, 2.45) is 11.8 Å². The first-order valence-electron chi connectivity index (χ1n) is 6.75. The van der Waals surface area contributed by atoms with Gasteiger partial charge in [-0.1, -0.05) is 12.8 Å². The van der Waals surface area contributed by atoms with Gasteiger partial charge >= 0.3 is 6.18 Å². The largest absolute Gasteiger partial charge is 0.392 e. The second-order valence-electron chi connectivity index (χ2n) is 5.30. The van der Waals surface area contributed by atoms with E-state index in [0.29, 0.717) is 19.3 Å². The molecule has 1 heterocycles. The number of carbonyl (C=O) groups is 1. The predicted octanol–water partition coefficient (Wildman–Crippen LogP) is 2.96. The molecule has 1 fully saturated rings. The van der Waals surface area contributed by atoms with Gasteiger partial charge in [0.15, 0.2) is 0 Å². The fourth-order valence-electron chi connectivity index (χ4n) is 2.74. The summed E-state index contributed by atoms with van der Waals surface area (Å²) in [7, 11) is 0. The number of aromatic nitrogens is 2. The van der Waals surface area contributed by atoms with E-state index < -0.39 is 23.9 Å². The number of H-pyrrole nitrogens is 1. The first kappa shape index (κ1) is 14.9. The molecule has 1 saturated carbocycles. The standard InChI is InChI=1S/C13H18F3N3O/c1-8(9-6-17-18-7-9)19-12(20)10-4-2-3-5-11(10)13(14,15)16/h6-8,10-11H,2-5H2,1H3,(H,17,18)(H,19,20). The van der Waals surface area contributed by atoms with Crippen LogP contribution in [0.25, 0.3) is 0 Å². The van der Waals surface area contributed by atoms with Crippen LogP contribution in [-0.4, -0.2) is 22.3 Å². The Morgan fingerprint density at radius 3 is 2.75 bits per heavy atom. The maximum Gasteiger partial charge on any atom is 0.392 e. The Morgan fingerprint density at radius 1 is 1.45 bits per heavy atom. The summed E-state index contributed by atoms with van der Waals surface area (Å²) in [6, 6.07) is -0.350. The molecule has 2 N–H and O–H groups in total. The van der Waals surface area contributed by atoms with Crippen LogP contribution in [0.1, 0.15) is 44.2 Å². The van der Waals surface area contributed by atoms with Crippen LogP contribution >= 0.6 is 0 Å². The molecule has 112 valence electrons. The highest BCUT2D eigenvalue weighted by Gasteiger charge is 2.48. The number of aromatic amines is 1. The SMILES string of the molecule is CC(NC(=O)C1CCCCC1C(F)(F)F)c1cn[nH]c1. The Hall–Kier alpha value is -1.53. The molecule has 1 aromatic rings. The van der Waals surface area contributed by atoms with Gasteiger partial charge in [-0.2, -0.15) is 18.3 Å². The number of carbonyl (C=O) groups excluding carboxylic acids is 1. The zero-order valence-corrected chi connectivity index (χ0v) is 11.2. The van der Waals surface area contributed by atoms with Crippen LogP contribution in [0, 0.1) is 11.8 Å². The molecule has 7 heteroatoms. The van der Waals surface area contributed by atoms with E-state index in [2.05, 4.69) is 15.5 Å². The van der Waals surface area contributed by atoms with Gasteiger partial charge in [-0.15, -0.1) is 0 Å². The van der Waals surface area contributed by atoms with Crippen molar-refractivity contribution in [3.63, 3.8) is 0 Å². The Labute approximate surface area is 115 Å². The number of nitrogens with zero attached hydrogens (tertiary/aromatic N) is 1. The Bertz CT molecular complexity index is 444. The molecule has 1 amide bonds. The third kappa shape index (κ3) is 3.32. The van der Waals surface area contributed by atoms with Crippen molar-refractivity contribution in [3.05, 3.63) is 18.0 Å². The van der Waals surface area contributed by atoms with E-state index in [1.807, 2.05) is 0 Å². The van der Waals surface area contributed by atoms with Crippen molar-refractivity contribution >= 4 is 5.91 Å². The van der Waals surface area contributed by atoms with Crippen molar-refractivity contribution in [1.82, 2.24) is 15.5 Å². The first-order valence-corrected chi connectivity index (χ1v) is 6.75. The second-order valence-corrected chi connectivity index (χ2v) is 5.30. The van der Waals surface area contributed by atoms with E-state index in [0.717, 1.165) is 5.56 Å². The normalized spacial score (nSPS) is 25.2. The molecule has 0 aliphatic heterocycles. The van der Waals surface area contributed by atoms with Crippen LogP contribution in [0.5, 0.6) is 0 Å². The van der Waals surface area contributed by atoms with Crippen molar-refractivity contribution in [2.75, 3.05) is 0 Å². The molecule has 0 radical (unpaired) electrons. The highest BCUT2D eigenvalue weighted by molar-refractivity contribution is 5.79. The third-order valence-corrected chi connectivity index (χ3v) is 3.90. The van der Waals surface area contributed by atoms with Crippen LogP contribution in [0.4, 0.5) is 13.2 Å². The topological polar surface area (TPSA) is 57.8 Å². The maximum atomic E-state index is 13.0. The van der Waals surface area contributed by atoms with Crippen molar-refractivity contribution < 1.29 is 18.0 Å². The lowest BCUT2D eigenvalue weighted by molar-refractivity contribution is -0.198. The molecule has 0 spiro atoms. The lowest BCUT2D eigenvalue weighted by atomic mass is 9.78. The molecule has 0 aromatic carbocycles. The summed E-state index contributed by atoms with van der Waals surface area (Å²) in [4.78, 5) is 12.1. The van der Waals surface area contributed by atoms with Crippen molar-refractivity contribution in [2.45, 2.75) is 44.8 Å². The van der Waals surface area contributed by atoms with E-state index in [1.54, 1.807) is 19.3 Å². The second kappa shape index (κ2) is 5.85. The Kier molecular flexibility index (Phi) is 4.35. The minimum Gasteiger partial charge on any atom is -0.349 e. The van der Waals surface area contributed by atoms with Gasteiger partial charge < -0.3 is 5.32 Å². The third-order valence-electron chi connectivity index (χ3n) is 3.90. The summed E-state index contributed by atoms with van der Waals surface area (Å²) in [6.45, 7) is 1.73. The smallest absolute Gasteiger partial charge is 0.349 e. The lowest BCUT2D eigenvalue weighted by Crippen LogP contribution is -2.43. The van der Waals surface area contributed by atoms with Gasteiger partial charge in [0, 0.05) is 17.7 Å². The van der Waals surface area contributed by atoms with Crippen LogP contribution in [0.2, 0.25) is 0 Å². The van der Waals surface area contributed by atoms with Gasteiger partial charge in [-0.3, -0.25) is 9.89 Å². The molecule has 0 bridgehead atoms. The Balaban J connectivity index is 2.03. The molecule has 3 unspecified atom stereocenters. The quantitative estimate of drug-likeness (QED) is 0.898.